The Kier molecular flexibility index (Phi) is 29.8. The quantitative estimate of drug-likeness (QED) is 0.0266. The number of hydrogen-bond donors (Lipinski definition) is 7. The van der Waals surface area contributed by atoms with Gasteiger partial charge < -0.3 is 64.2 Å². The van der Waals surface area contributed by atoms with Gasteiger partial charge in [0.2, 0.25) is 0 Å². The van der Waals surface area contributed by atoms with E-state index in [0.717, 1.165) is 38.5 Å². The standard InChI is InChI=1S/C44H80O15/c1-3-5-7-9-11-13-14-15-16-17-18-19-21-22-24-26-35(46)54-29-32(57-36(47)27-25-23-20-12-10-8-6-4-2)30-55-43-42(53)40(51)38(49)34(59-43)31-56-44-41(52)39(50)37(48)33(28-45)58-44/h18-19,32-34,37-45,48-53H,3-17,20-31H2,1-2H3/b19-18+/t32-,33-,34-,37+,38+,39?,40?,41?,42?,43-,44-/m1/s1. The summed E-state index contributed by atoms with van der Waals surface area (Å²) in [5, 5.41) is 71.7. The Hall–Kier alpha value is -1.76. The number of aliphatic hydroxyl groups is 7. The zero-order valence-corrected chi connectivity index (χ0v) is 36.0. The molecule has 0 aromatic heterocycles. The molecule has 2 rings (SSSR count). The van der Waals surface area contributed by atoms with Crippen LogP contribution >= 0.6 is 0 Å². The molecule has 4 unspecified atom stereocenters. The molecule has 2 aliphatic rings. The van der Waals surface area contributed by atoms with E-state index in [4.69, 9.17) is 28.4 Å². The van der Waals surface area contributed by atoms with Crippen molar-refractivity contribution in [2.75, 3.05) is 26.4 Å². The molecule has 0 aromatic rings. The first-order valence-corrected chi connectivity index (χ1v) is 22.8. The van der Waals surface area contributed by atoms with E-state index in [1.165, 1.54) is 83.5 Å². The molecule has 0 aromatic carbocycles. The molecule has 0 bridgehead atoms. The van der Waals surface area contributed by atoms with Crippen molar-refractivity contribution in [3.63, 3.8) is 0 Å². The van der Waals surface area contributed by atoms with Crippen molar-refractivity contribution in [3.05, 3.63) is 12.2 Å². The van der Waals surface area contributed by atoms with Crippen molar-refractivity contribution in [1.29, 1.82) is 0 Å². The van der Waals surface area contributed by atoms with Crippen LogP contribution in [0.1, 0.15) is 162 Å². The molecule has 2 aliphatic heterocycles. The Bertz CT molecular complexity index is 1090. The lowest BCUT2D eigenvalue weighted by atomic mass is 9.98. The van der Waals surface area contributed by atoms with Crippen molar-refractivity contribution < 1.29 is 73.8 Å². The number of unbranched alkanes of at least 4 members (excludes halogenated alkanes) is 18. The van der Waals surface area contributed by atoms with Gasteiger partial charge in [-0.15, -0.1) is 0 Å². The van der Waals surface area contributed by atoms with E-state index in [1.54, 1.807) is 0 Å². The van der Waals surface area contributed by atoms with Crippen LogP contribution in [0.2, 0.25) is 0 Å². The maximum Gasteiger partial charge on any atom is 0.306 e. The van der Waals surface area contributed by atoms with Gasteiger partial charge in [-0.05, 0) is 38.5 Å². The first-order valence-electron chi connectivity index (χ1n) is 22.8. The highest BCUT2D eigenvalue weighted by molar-refractivity contribution is 5.70. The summed E-state index contributed by atoms with van der Waals surface area (Å²) in [6, 6.07) is 0. The highest BCUT2D eigenvalue weighted by Crippen LogP contribution is 2.26. The SMILES string of the molecule is CCCCCCCCCCC/C=C/CCCCC(=O)OC[C@H](CO[C@@H]1O[C@H](CO[C@@H]2O[C@H](CO)[C@H](O)C(O)C2O)[C@H](O)C(O)C1O)OC(=O)CCCCCCCCCC. The van der Waals surface area contributed by atoms with E-state index in [2.05, 4.69) is 26.0 Å². The van der Waals surface area contributed by atoms with Crippen LogP contribution in [-0.2, 0) is 38.0 Å². The summed E-state index contributed by atoms with van der Waals surface area (Å²) in [7, 11) is 0. The van der Waals surface area contributed by atoms with Gasteiger partial charge in [-0.3, -0.25) is 9.59 Å². The van der Waals surface area contributed by atoms with Crippen LogP contribution in [0.25, 0.3) is 0 Å². The lowest BCUT2D eigenvalue weighted by Gasteiger charge is -2.42. The third-order valence-electron chi connectivity index (χ3n) is 11.0. The molecule has 0 radical (unpaired) electrons. The largest absolute Gasteiger partial charge is 0.462 e. The molecule has 15 nitrogen and oxygen atoms in total. The zero-order chi connectivity index (χ0) is 43.3. The predicted octanol–water partition coefficient (Wildman–Crippen LogP) is 4.65. The number of ether oxygens (including phenoxy) is 6. The Morgan fingerprint density at radius 1 is 0.525 bits per heavy atom. The Labute approximate surface area is 352 Å². The van der Waals surface area contributed by atoms with Crippen LogP contribution in [0.3, 0.4) is 0 Å². The van der Waals surface area contributed by atoms with Gasteiger partial charge in [0.1, 0.15) is 55.4 Å². The van der Waals surface area contributed by atoms with Crippen LogP contribution in [0.5, 0.6) is 0 Å². The number of carbonyl (C=O) groups excluding carboxylic acids is 2. The lowest BCUT2D eigenvalue weighted by Crippen LogP contribution is -2.61. The summed E-state index contributed by atoms with van der Waals surface area (Å²) in [4.78, 5) is 25.5. The minimum atomic E-state index is -1.76. The van der Waals surface area contributed by atoms with Crippen LogP contribution in [-0.4, -0.2) is 142 Å². The minimum absolute atomic E-state index is 0.164. The molecule has 2 heterocycles. The molecule has 11 atom stereocenters. The monoisotopic (exact) mass is 849 g/mol. The van der Waals surface area contributed by atoms with E-state index in [9.17, 15) is 45.3 Å². The molecule has 0 saturated carbocycles. The average molecular weight is 849 g/mol. The molecular weight excluding hydrogens is 768 g/mol. The van der Waals surface area contributed by atoms with Gasteiger partial charge in [-0.1, -0.05) is 122 Å². The normalized spacial score (nSPS) is 27.9. The molecule has 59 heavy (non-hydrogen) atoms. The number of aliphatic hydroxyl groups excluding tert-OH is 7. The van der Waals surface area contributed by atoms with E-state index in [1.807, 2.05) is 0 Å². The highest BCUT2D eigenvalue weighted by Gasteiger charge is 2.47. The summed E-state index contributed by atoms with van der Waals surface area (Å²) in [5.41, 5.74) is 0. The van der Waals surface area contributed by atoms with E-state index in [-0.39, 0.29) is 26.1 Å². The summed E-state index contributed by atoms with van der Waals surface area (Å²) < 4.78 is 33.3. The Balaban J connectivity index is 1.84. The summed E-state index contributed by atoms with van der Waals surface area (Å²) in [6.07, 6.45) is 11.4. The van der Waals surface area contributed by atoms with Gasteiger partial charge in [0.15, 0.2) is 18.7 Å². The van der Waals surface area contributed by atoms with Gasteiger partial charge in [-0.25, -0.2) is 0 Å². The van der Waals surface area contributed by atoms with Crippen molar-refractivity contribution in [1.82, 2.24) is 0 Å². The van der Waals surface area contributed by atoms with E-state index < -0.39 is 92.7 Å². The topological polar surface area (TPSA) is 231 Å². The maximum absolute atomic E-state index is 12.8. The number of hydrogen-bond acceptors (Lipinski definition) is 15. The fraction of sp³-hybridized carbons (Fsp3) is 0.909. The molecule has 0 spiro atoms. The second kappa shape index (κ2) is 32.9. The first-order chi connectivity index (χ1) is 28.5. The fourth-order valence-electron chi connectivity index (χ4n) is 7.15. The van der Waals surface area contributed by atoms with Crippen LogP contribution < -0.4 is 0 Å². The maximum atomic E-state index is 12.8. The number of allylic oxidation sites excluding steroid dienone is 2. The zero-order valence-electron chi connectivity index (χ0n) is 36.0. The Morgan fingerprint density at radius 2 is 0.966 bits per heavy atom. The highest BCUT2D eigenvalue weighted by atomic mass is 16.7. The van der Waals surface area contributed by atoms with Crippen molar-refractivity contribution in [2.45, 2.75) is 229 Å². The number of rotatable bonds is 34. The van der Waals surface area contributed by atoms with Gasteiger partial charge in [0.25, 0.3) is 0 Å². The second-order valence-corrected chi connectivity index (χ2v) is 16.2. The molecule has 2 saturated heterocycles. The van der Waals surface area contributed by atoms with Crippen LogP contribution in [0.4, 0.5) is 0 Å². The second-order valence-electron chi connectivity index (χ2n) is 16.2. The summed E-state index contributed by atoms with van der Waals surface area (Å²) in [6.45, 7) is 2.51. The van der Waals surface area contributed by atoms with Crippen LogP contribution in [0, 0.1) is 0 Å². The molecule has 15 heteroatoms. The smallest absolute Gasteiger partial charge is 0.306 e. The average Bonchev–Trinajstić information content (AvgIpc) is 3.23. The van der Waals surface area contributed by atoms with Crippen LogP contribution in [0.15, 0.2) is 12.2 Å². The minimum Gasteiger partial charge on any atom is -0.462 e. The van der Waals surface area contributed by atoms with Crippen molar-refractivity contribution >= 4 is 11.9 Å². The number of carbonyl (C=O) groups is 2. The third-order valence-corrected chi connectivity index (χ3v) is 11.0. The fourth-order valence-corrected chi connectivity index (χ4v) is 7.15. The lowest BCUT2D eigenvalue weighted by molar-refractivity contribution is -0.332. The molecule has 7 N–H and O–H groups in total. The third kappa shape index (κ3) is 22.2. The molecular formula is C44H80O15. The van der Waals surface area contributed by atoms with Gasteiger partial charge in [0.05, 0.1) is 19.8 Å². The van der Waals surface area contributed by atoms with Crippen molar-refractivity contribution in [3.8, 4) is 0 Å². The Morgan fingerprint density at radius 3 is 1.53 bits per heavy atom. The summed E-state index contributed by atoms with van der Waals surface area (Å²) >= 11 is 0. The number of esters is 2. The summed E-state index contributed by atoms with van der Waals surface area (Å²) in [5.74, 6) is -0.952. The first kappa shape index (κ1) is 53.4. The van der Waals surface area contributed by atoms with Crippen molar-refractivity contribution in [2.24, 2.45) is 0 Å². The van der Waals surface area contributed by atoms with Gasteiger partial charge in [-0.2, -0.15) is 0 Å². The molecule has 2 fully saturated rings. The van der Waals surface area contributed by atoms with Gasteiger partial charge in [0, 0.05) is 12.8 Å². The van der Waals surface area contributed by atoms with Gasteiger partial charge >= 0.3 is 11.9 Å². The predicted molar refractivity (Wildman–Crippen MR) is 220 cm³/mol. The molecule has 0 aliphatic carbocycles. The molecule has 0 amide bonds. The van der Waals surface area contributed by atoms with E-state index in [0.29, 0.717) is 12.8 Å². The van der Waals surface area contributed by atoms with E-state index >= 15 is 0 Å². The molecule has 346 valence electrons.